The van der Waals surface area contributed by atoms with Crippen LogP contribution in [0.2, 0.25) is 0 Å². The fraction of sp³-hybridized carbons (Fsp3) is 0.421. The molecule has 2 aromatic rings. The van der Waals surface area contributed by atoms with E-state index in [1.807, 2.05) is 44.2 Å². The fourth-order valence-corrected chi connectivity index (χ4v) is 2.41. The van der Waals surface area contributed by atoms with Crippen molar-refractivity contribution in [2.24, 2.45) is 0 Å². The molecule has 134 valence electrons. The summed E-state index contributed by atoms with van der Waals surface area (Å²) in [5.41, 5.74) is 0.980. The number of oxazole rings is 1. The van der Waals surface area contributed by atoms with E-state index in [-0.39, 0.29) is 24.4 Å². The van der Waals surface area contributed by atoms with Gasteiger partial charge in [0.05, 0.1) is 12.7 Å². The maximum Gasteiger partial charge on any atom is 0.239 e. The predicted molar refractivity (Wildman–Crippen MR) is 95.8 cm³/mol. The number of hydrogen-bond acceptors (Lipinski definition) is 4. The number of nitrogens with zero attached hydrogens (tertiary/aromatic N) is 2. The van der Waals surface area contributed by atoms with Gasteiger partial charge in [-0.2, -0.15) is 0 Å². The Morgan fingerprint density at radius 1 is 1.24 bits per heavy atom. The molecule has 25 heavy (non-hydrogen) atoms. The molecular formula is C19H25N3O3. The van der Waals surface area contributed by atoms with Gasteiger partial charge in [-0.3, -0.25) is 9.59 Å². The number of aromatic nitrogens is 1. The smallest absolute Gasteiger partial charge is 0.239 e. The van der Waals surface area contributed by atoms with Crippen molar-refractivity contribution in [1.29, 1.82) is 0 Å². The summed E-state index contributed by atoms with van der Waals surface area (Å²) in [7, 11) is 1.64. The van der Waals surface area contributed by atoms with Gasteiger partial charge in [-0.15, -0.1) is 0 Å². The molecule has 1 aromatic heterocycles. The SMILES string of the molecule is CC(C)NC(=O)CN(C)C(=O)CCCc1ncc(-c2ccccc2)o1. The van der Waals surface area contributed by atoms with E-state index < -0.39 is 0 Å². The third-order valence-corrected chi connectivity index (χ3v) is 3.65. The van der Waals surface area contributed by atoms with Gasteiger partial charge in [0.25, 0.3) is 0 Å². The predicted octanol–water partition coefficient (Wildman–Crippen LogP) is 2.65. The van der Waals surface area contributed by atoms with E-state index in [2.05, 4.69) is 10.3 Å². The van der Waals surface area contributed by atoms with Crippen LogP contribution in [0.15, 0.2) is 40.9 Å². The highest BCUT2D eigenvalue weighted by Gasteiger charge is 2.14. The number of benzene rings is 1. The lowest BCUT2D eigenvalue weighted by Gasteiger charge is -2.17. The quantitative estimate of drug-likeness (QED) is 0.799. The lowest BCUT2D eigenvalue weighted by Crippen LogP contribution is -2.40. The molecule has 6 heteroatoms. The van der Waals surface area contributed by atoms with Crippen molar-refractivity contribution in [2.45, 2.75) is 39.2 Å². The Morgan fingerprint density at radius 3 is 2.64 bits per heavy atom. The van der Waals surface area contributed by atoms with Crippen LogP contribution >= 0.6 is 0 Å². The monoisotopic (exact) mass is 343 g/mol. The van der Waals surface area contributed by atoms with Crippen molar-refractivity contribution >= 4 is 11.8 Å². The Labute approximate surface area is 148 Å². The molecule has 0 unspecified atom stereocenters. The van der Waals surface area contributed by atoms with Gasteiger partial charge in [0.1, 0.15) is 0 Å². The second-order valence-electron chi connectivity index (χ2n) is 6.31. The lowest BCUT2D eigenvalue weighted by atomic mass is 10.2. The highest BCUT2D eigenvalue weighted by Crippen LogP contribution is 2.20. The van der Waals surface area contributed by atoms with Crippen LogP contribution < -0.4 is 5.32 Å². The van der Waals surface area contributed by atoms with Crippen LogP contribution in [0.5, 0.6) is 0 Å². The van der Waals surface area contributed by atoms with Crippen LogP contribution in [0.4, 0.5) is 0 Å². The van der Waals surface area contributed by atoms with Crippen molar-refractivity contribution in [3.63, 3.8) is 0 Å². The second-order valence-corrected chi connectivity index (χ2v) is 6.31. The zero-order chi connectivity index (χ0) is 18.2. The number of carbonyl (C=O) groups is 2. The lowest BCUT2D eigenvalue weighted by molar-refractivity contribution is -0.135. The standard InChI is InChI=1S/C19H25N3O3/c1-14(2)21-17(23)13-22(3)19(24)11-7-10-18-20-12-16(25-18)15-8-5-4-6-9-15/h4-6,8-9,12,14H,7,10-11,13H2,1-3H3,(H,21,23). The number of hydrogen-bond donors (Lipinski definition) is 1. The van der Waals surface area contributed by atoms with Crippen LogP contribution in [0.25, 0.3) is 11.3 Å². The van der Waals surface area contributed by atoms with Crippen LogP contribution in [0.1, 0.15) is 32.6 Å². The molecule has 1 aromatic carbocycles. The van der Waals surface area contributed by atoms with Gasteiger partial charge in [0, 0.05) is 31.5 Å². The topological polar surface area (TPSA) is 75.4 Å². The molecule has 0 bridgehead atoms. The summed E-state index contributed by atoms with van der Waals surface area (Å²) in [5, 5.41) is 2.77. The van der Waals surface area contributed by atoms with Gasteiger partial charge >= 0.3 is 0 Å². The Kier molecular flexibility index (Phi) is 6.74. The number of rotatable bonds is 8. The van der Waals surface area contributed by atoms with Gasteiger partial charge < -0.3 is 14.6 Å². The van der Waals surface area contributed by atoms with Crippen molar-refractivity contribution in [1.82, 2.24) is 15.2 Å². The number of carbonyl (C=O) groups excluding carboxylic acids is 2. The second kappa shape index (κ2) is 9.01. The molecule has 0 saturated carbocycles. The highest BCUT2D eigenvalue weighted by molar-refractivity contribution is 5.84. The Balaban J connectivity index is 1.76. The van der Waals surface area contributed by atoms with E-state index in [9.17, 15) is 9.59 Å². The molecule has 0 fully saturated rings. The molecule has 1 heterocycles. The first-order valence-electron chi connectivity index (χ1n) is 8.49. The van der Waals surface area contributed by atoms with Crippen LogP contribution in [-0.4, -0.2) is 41.3 Å². The van der Waals surface area contributed by atoms with E-state index in [0.29, 0.717) is 25.2 Å². The summed E-state index contributed by atoms with van der Waals surface area (Å²) in [6, 6.07) is 9.84. The minimum Gasteiger partial charge on any atom is -0.441 e. The number of amides is 2. The first-order chi connectivity index (χ1) is 12.0. The van der Waals surface area contributed by atoms with Gasteiger partial charge in [0.15, 0.2) is 11.7 Å². The number of likely N-dealkylation sites (N-methyl/N-ethyl adjacent to an activating group) is 1. The van der Waals surface area contributed by atoms with E-state index in [0.717, 1.165) is 11.3 Å². The number of aryl methyl sites for hydroxylation is 1. The largest absolute Gasteiger partial charge is 0.441 e. The van der Waals surface area contributed by atoms with E-state index in [1.54, 1.807) is 13.2 Å². The Morgan fingerprint density at radius 2 is 1.96 bits per heavy atom. The fourth-order valence-electron chi connectivity index (χ4n) is 2.41. The average Bonchev–Trinajstić information content (AvgIpc) is 3.03. The zero-order valence-electron chi connectivity index (χ0n) is 15.0. The summed E-state index contributed by atoms with van der Waals surface area (Å²) >= 11 is 0. The molecule has 2 rings (SSSR count). The average molecular weight is 343 g/mol. The van der Waals surface area contributed by atoms with Crippen molar-refractivity contribution in [3.8, 4) is 11.3 Å². The highest BCUT2D eigenvalue weighted by atomic mass is 16.4. The summed E-state index contributed by atoms with van der Waals surface area (Å²) in [4.78, 5) is 29.5. The molecule has 2 amide bonds. The third kappa shape index (κ3) is 6.06. The van der Waals surface area contributed by atoms with E-state index in [1.165, 1.54) is 4.90 Å². The maximum atomic E-state index is 12.1. The van der Waals surface area contributed by atoms with Crippen LogP contribution in [0.3, 0.4) is 0 Å². The molecule has 1 N–H and O–H groups in total. The normalized spacial score (nSPS) is 10.7. The van der Waals surface area contributed by atoms with Crippen LogP contribution in [-0.2, 0) is 16.0 Å². The summed E-state index contributed by atoms with van der Waals surface area (Å²) < 4.78 is 5.72. The molecular weight excluding hydrogens is 318 g/mol. The molecule has 6 nitrogen and oxygen atoms in total. The third-order valence-electron chi connectivity index (χ3n) is 3.65. The van der Waals surface area contributed by atoms with Crippen molar-refractivity contribution in [3.05, 3.63) is 42.4 Å². The minimum atomic E-state index is -0.147. The molecule has 0 radical (unpaired) electrons. The summed E-state index contributed by atoms with van der Waals surface area (Å²) in [5.74, 6) is 1.14. The summed E-state index contributed by atoms with van der Waals surface area (Å²) in [6.07, 6.45) is 3.28. The van der Waals surface area contributed by atoms with Crippen molar-refractivity contribution in [2.75, 3.05) is 13.6 Å². The van der Waals surface area contributed by atoms with E-state index >= 15 is 0 Å². The number of nitrogens with one attached hydrogen (secondary N) is 1. The first kappa shape index (κ1) is 18.7. The maximum absolute atomic E-state index is 12.1. The molecule has 0 aliphatic rings. The van der Waals surface area contributed by atoms with Gasteiger partial charge in [-0.1, -0.05) is 30.3 Å². The van der Waals surface area contributed by atoms with Gasteiger partial charge in [0.2, 0.25) is 11.8 Å². The Hall–Kier alpha value is -2.63. The van der Waals surface area contributed by atoms with Gasteiger partial charge in [-0.05, 0) is 20.3 Å². The zero-order valence-corrected chi connectivity index (χ0v) is 15.0. The van der Waals surface area contributed by atoms with Gasteiger partial charge in [-0.25, -0.2) is 4.98 Å². The molecule has 0 atom stereocenters. The van der Waals surface area contributed by atoms with Crippen LogP contribution in [0, 0.1) is 0 Å². The van der Waals surface area contributed by atoms with E-state index in [4.69, 9.17) is 4.42 Å². The molecule has 0 spiro atoms. The Bertz CT molecular complexity index is 695. The molecule has 0 saturated heterocycles. The molecule has 0 aliphatic carbocycles. The molecule has 0 aliphatic heterocycles. The minimum absolute atomic E-state index is 0.0613. The summed E-state index contributed by atoms with van der Waals surface area (Å²) in [6.45, 7) is 3.85. The first-order valence-corrected chi connectivity index (χ1v) is 8.49. The van der Waals surface area contributed by atoms with Crippen molar-refractivity contribution < 1.29 is 14.0 Å².